The van der Waals surface area contributed by atoms with E-state index in [9.17, 15) is 9.50 Å². The Bertz CT molecular complexity index is 289. The molecule has 1 heterocycles. The van der Waals surface area contributed by atoms with Crippen molar-refractivity contribution >= 4 is 0 Å². The molecule has 0 bridgehead atoms. The molecule has 3 N–H and O–H groups in total. The lowest BCUT2D eigenvalue weighted by Gasteiger charge is -2.23. The molecule has 0 saturated heterocycles. The van der Waals surface area contributed by atoms with Crippen LogP contribution in [0.5, 0.6) is 0 Å². The lowest BCUT2D eigenvalue weighted by Crippen LogP contribution is -2.26. The standard InChI is InChI=1S/C9H13FN2O/c1-9(13,3-4-11)7-2-5-12-6-8(7)10/h2,5-6,13H,3-4,11H2,1H3. The molecule has 72 valence electrons. The average Bonchev–Trinajstić information content (AvgIpc) is 2.04. The van der Waals surface area contributed by atoms with E-state index in [1.165, 1.54) is 19.2 Å². The van der Waals surface area contributed by atoms with Crippen LogP contribution in [0, 0.1) is 5.82 Å². The minimum absolute atomic E-state index is 0.243. The number of nitrogens with two attached hydrogens (primary N) is 1. The lowest BCUT2D eigenvalue weighted by molar-refractivity contribution is 0.0465. The number of aliphatic hydroxyl groups is 1. The van der Waals surface area contributed by atoms with Crippen LogP contribution in [0.4, 0.5) is 4.39 Å². The van der Waals surface area contributed by atoms with E-state index in [0.29, 0.717) is 13.0 Å². The van der Waals surface area contributed by atoms with Crippen molar-refractivity contribution in [1.29, 1.82) is 0 Å². The van der Waals surface area contributed by atoms with E-state index in [-0.39, 0.29) is 5.56 Å². The second-order valence-electron chi connectivity index (χ2n) is 3.17. The highest BCUT2D eigenvalue weighted by molar-refractivity contribution is 5.20. The van der Waals surface area contributed by atoms with E-state index in [1.54, 1.807) is 0 Å². The maximum atomic E-state index is 13.1. The fourth-order valence-corrected chi connectivity index (χ4v) is 1.23. The summed E-state index contributed by atoms with van der Waals surface area (Å²) < 4.78 is 13.1. The predicted octanol–water partition coefficient (Wildman–Crippen LogP) is 0.777. The first-order valence-electron chi connectivity index (χ1n) is 4.10. The predicted molar refractivity (Wildman–Crippen MR) is 47.4 cm³/mol. The van der Waals surface area contributed by atoms with Crippen LogP contribution in [0.25, 0.3) is 0 Å². The third-order valence-corrected chi connectivity index (χ3v) is 1.98. The fraction of sp³-hybridized carbons (Fsp3) is 0.444. The van der Waals surface area contributed by atoms with E-state index in [0.717, 1.165) is 6.20 Å². The molecule has 3 nitrogen and oxygen atoms in total. The maximum absolute atomic E-state index is 13.1. The zero-order valence-corrected chi connectivity index (χ0v) is 7.50. The largest absolute Gasteiger partial charge is 0.385 e. The van der Waals surface area contributed by atoms with Crippen molar-refractivity contribution in [2.45, 2.75) is 18.9 Å². The summed E-state index contributed by atoms with van der Waals surface area (Å²) in [5.41, 5.74) is 4.34. The van der Waals surface area contributed by atoms with Gasteiger partial charge in [0.15, 0.2) is 0 Å². The van der Waals surface area contributed by atoms with Crippen LogP contribution in [-0.4, -0.2) is 16.6 Å². The highest BCUT2D eigenvalue weighted by Crippen LogP contribution is 2.25. The topological polar surface area (TPSA) is 59.1 Å². The van der Waals surface area contributed by atoms with Crippen LogP contribution in [0.15, 0.2) is 18.5 Å². The van der Waals surface area contributed by atoms with Crippen LogP contribution in [0.1, 0.15) is 18.9 Å². The van der Waals surface area contributed by atoms with Crippen LogP contribution < -0.4 is 5.73 Å². The van der Waals surface area contributed by atoms with Gasteiger partial charge in [0.2, 0.25) is 0 Å². The quantitative estimate of drug-likeness (QED) is 0.729. The normalized spacial score (nSPS) is 15.4. The number of nitrogens with zero attached hydrogens (tertiary/aromatic N) is 1. The second-order valence-corrected chi connectivity index (χ2v) is 3.17. The Labute approximate surface area is 76.4 Å². The summed E-state index contributed by atoms with van der Waals surface area (Å²) in [7, 11) is 0. The van der Waals surface area contributed by atoms with Gasteiger partial charge in [0.05, 0.1) is 11.8 Å². The Kier molecular flexibility index (Phi) is 2.95. The van der Waals surface area contributed by atoms with E-state index < -0.39 is 11.4 Å². The van der Waals surface area contributed by atoms with Crippen molar-refractivity contribution in [3.63, 3.8) is 0 Å². The zero-order chi connectivity index (χ0) is 9.90. The van der Waals surface area contributed by atoms with Crippen LogP contribution in [0.2, 0.25) is 0 Å². The summed E-state index contributed by atoms with van der Waals surface area (Å²) >= 11 is 0. The molecule has 1 aromatic heterocycles. The van der Waals surface area contributed by atoms with Gasteiger partial charge < -0.3 is 10.8 Å². The molecular formula is C9H13FN2O. The lowest BCUT2D eigenvalue weighted by atomic mass is 9.93. The summed E-state index contributed by atoms with van der Waals surface area (Å²) in [4.78, 5) is 3.60. The highest BCUT2D eigenvalue weighted by atomic mass is 19.1. The molecule has 0 radical (unpaired) electrons. The van der Waals surface area contributed by atoms with Crippen molar-refractivity contribution in [3.8, 4) is 0 Å². The highest BCUT2D eigenvalue weighted by Gasteiger charge is 2.25. The van der Waals surface area contributed by atoms with E-state index in [1.807, 2.05) is 0 Å². The third kappa shape index (κ3) is 2.23. The Hall–Kier alpha value is -1.00. The van der Waals surface area contributed by atoms with Gasteiger partial charge in [-0.05, 0) is 26.0 Å². The first kappa shape index (κ1) is 10.1. The molecule has 1 atom stereocenters. The smallest absolute Gasteiger partial charge is 0.147 e. The number of hydrogen-bond acceptors (Lipinski definition) is 3. The average molecular weight is 184 g/mol. The van der Waals surface area contributed by atoms with E-state index in [2.05, 4.69) is 4.98 Å². The van der Waals surface area contributed by atoms with Gasteiger partial charge in [-0.3, -0.25) is 4.98 Å². The van der Waals surface area contributed by atoms with Crippen molar-refractivity contribution in [1.82, 2.24) is 4.98 Å². The van der Waals surface area contributed by atoms with Crippen molar-refractivity contribution < 1.29 is 9.50 Å². The van der Waals surface area contributed by atoms with Crippen LogP contribution >= 0.6 is 0 Å². The number of hydrogen-bond donors (Lipinski definition) is 2. The van der Waals surface area contributed by atoms with Crippen LogP contribution in [0.3, 0.4) is 0 Å². The van der Waals surface area contributed by atoms with Gasteiger partial charge in [0, 0.05) is 11.8 Å². The molecule has 0 spiro atoms. The van der Waals surface area contributed by atoms with Crippen molar-refractivity contribution in [3.05, 3.63) is 29.8 Å². The SMILES string of the molecule is CC(O)(CCN)c1ccncc1F. The molecule has 0 amide bonds. The summed E-state index contributed by atoms with van der Waals surface area (Å²) in [6, 6.07) is 1.46. The first-order chi connectivity index (χ1) is 6.08. The second kappa shape index (κ2) is 3.81. The monoisotopic (exact) mass is 184 g/mol. The minimum Gasteiger partial charge on any atom is -0.385 e. The molecule has 1 aromatic rings. The maximum Gasteiger partial charge on any atom is 0.147 e. The molecular weight excluding hydrogens is 171 g/mol. The summed E-state index contributed by atoms with van der Waals surface area (Å²) in [5, 5.41) is 9.82. The van der Waals surface area contributed by atoms with E-state index >= 15 is 0 Å². The van der Waals surface area contributed by atoms with Crippen molar-refractivity contribution in [2.24, 2.45) is 5.73 Å². The molecule has 13 heavy (non-hydrogen) atoms. The summed E-state index contributed by atoms with van der Waals surface area (Å²) in [6.45, 7) is 1.85. The molecule has 1 unspecified atom stereocenters. The van der Waals surface area contributed by atoms with Crippen LogP contribution in [-0.2, 0) is 5.60 Å². The van der Waals surface area contributed by atoms with Gasteiger partial charge in [0.1, 0.15) is 5.82 Å². The number of rotatable bonds is 3. The molecule has 0 aromatic carbocycles. The molecule has 0 fully saturated rings. The molecule has 0 aliphatic heterocycles. The molecule has 0 saturated carbocycles. The summed E-state index contributed by atoms with van der Waals surface area (Å²) in [6.07, 6.45) is 2.86. The summed E-state index contributed by atoms with van der Waals surface area (Å²) in [5.74, 6) is -0.499. The van der Waals surface area contributed by atoms with Gasteiger partial charge in [-0.2, -0.15) is 0 Å². The molecule has 0 aliphatic rings. The Morgan fingerprint density at radius 2 is 2.38 bits per heavy atom. The van der Waals surface area contributed by atoms with Gasteiger partial charge in [-0.15, -0.1) is 0 Å². The third-order valence-electron chi connectivity index (χ3n) is 1.98. The zero-order valence-electron chi connectivity index (χ0n) is 7.50. The molecule has 0 aliphatic carbocycles. The van der Waals surface area contributed by atoms with E-state index in [4.69, 9.17) is 5.73 Å². The van der Waals surface area contributed by atoms with Gasteiger partial charge in [-0.1, -0.05) is 0 Å². The molecule has 4 heteroatoms. The number of halogens is 1. The van der Waals surface area contributed by atoms with Crippen molar-refractivity contribution in [2.75, 3.05) is 6.54 Å². The van der Waals surface area contributed by atoms with Gasteiger partial charge in [0.25, 0.3) is 0 Å². The number of pyridine rings is 1. The first-order valence-corrected chi connectivity index (χ1v) is 4.10. The number of aromatic nitrogens is 1. The van der Waals surface area contributed by atoms with Gasteiger partial charge >= 0.3 is 0 Å². The molecule has 1 rings (SSSR count). The Balaban J connectivity index is 2.99. The Morgan fingerprint density at radius 1 is 1.69 bits per heavy atom. The van der Waals surface area contributed by atoms with Gasteiger partial charge in [-0.25, -0.2) is 4.39 Å². The fourth-order valence-electron chi connectivity index (χ4n) is 1.23. The minimum atomic E-state index is -1.21. The Morgan fingerprint density at radius 3 is 2.92 bits per heavy atom.